The lowest BCUT2D eigenvalue weighted by atomic mass is 9.83. The highest BCUT2D eigenvalue weighted by Crippen LogP contribution is 2.37. The third-order valence-electron chi connectivity index (χ3n) is 5.63. The number of amides is 2. The van der Waals surface area contributed by atoms with Crippen molar-refractivity contribution in [2.45, 2.75) is 45.2 Å². The average molecular weight is 429 g/mol. The number of nitrogens with one attached hydrogen (secondary N) is 1. The molecule has 1 aliphatic heterocycles. The molecular formula is C24H29ClN2O3. The van der Waals surface area contributed by atoms with E-state index in [0.717, 1.165) is 29.7 Å². The summed E-state index contributed by atoms with van der Waals surface area (Å²) in [7, 11) is 1.62. The minimum Gasteiger partial charge on any atom is -0.497 e. The Morgan fingerprint density at radius 2 is 1.87 bits per heavy atom. The van der Waals surface area contributed by atoms with Gasteiger partial charge in [0, 0.05) is 24.5 Å². The number of hydrogen-bond acceptors (Lipinski definition) is 3. The maximum absolute atomic E-state index is 13.2. The molecule has 2 amide bonds. The minimum absolute atomic E-state index is 0.0280. The molecule has 1 saturated heterocycles. The molecule has 1 N–H and O–H groups in total. The Bertz CT molecular complexity index is 852. The highest BCUT2D eigenvalue weighted by atomic mass is 35.5. The van der Waals surface area contributed by atoms with Crippen molar-refractivity contribution >= 4 is 23.4 Å². The normalized spacial score (nSPS) is 18.9. The van der Waals surface area contributed by atoms with E-state index in [-0.39, 0.29) is 23.8 Å². The zero-order valence-electron chi connectivity index (χ0n) is 17.6. The lowest BCUT2D eigenvalue weighted by Gasteiger charge is -2.41. The van der Waals surface area contributed by atoms with Gasteiger partial charge in [-0.1, -0.05) is 49.2 Å². The predicted molar refractivity (Wildman–Crippen MR) is 118 cm³/mol. The molecule has 0 aliphatic carbocycles. The first kappa shape index (κ1) is 22.2. The summed E-state index contributed by atoms with van der Waals surface area (Å²) in [6, 6.07) is 14.9. The molecule has 0 aromatic heterocycles. The largest absolute Gasteiger partial charge is 0.497 e. The highest BCUT2D eigenvalue weighted by Gasteiger charge is 2.40. The van der Waals surface area contributed by atoms with Gasteiger partial charge >= 0.3 is 0 Å². The number of carbonyl (C=O) groups is 2. The van der Waals surface area contributed by atoms with Crippen molar-refractivity contribution < 1.29 is 14.3 Å². The molecule has 0 unspecified atom stereocenters. The SMILES string of the molecule is CCCCN1C(=O)CC[C@@H](C(=O)NCc2ccc(Cl)cc2)[C@H]1c1ccc(OC)cc1. The Balaban J connectivity index is 1.81. The van der Waals surface area contributed by atoms with Gasteiger partial charge in [0.05, 0.1) is 19.1 Å². The van der Waals surface area contributed by atoms with Crippen molar-refractivity contribution in [3.8, 4) is 5.75 Å². The van der Waals surface area contributed by atoms with Crippen LogP contribution in [0.25, 0.3) is 0 Å². The van der Waals surface area contributed by atoms with Gasteiger partial charge in [0.15, 0.2) is 0 Å². The number of ether oxygens (including phenoxy) is 1. The Labute approximate surface area is 183 Å². The standard InChI is InChI=1S/C24H29ClN2O3/c1-3-4-15-27-22(28)14-13-21(23(27)18-7-11-20(30-2)12-8-18)24(29)26-16-17-5-9-19(25)10-6-17/h5-12,21,23H,3-4,13-16H2,1-2H3,(H,26,29)/t21-,23-/m1/s1. The van der Waals surface area contributed by atoms with E-state index in [1.807, 2.05) is 53.4 Å². The van der Waals surface area contributed by atoms with E-state index in [2.05, 4.69) is 12.2 Å². The topological polar surface area (TPSA) is 58.6 Å². The molecule has 160 valence electrons. The molecule has 0 radical (unpaired) electrons. The maximum Gasteiger partial charge on any atom is 0.225 e. The quantitative estimate of drug-likeness (QED) is 0.660. The van der Waals surface area contributed by atoms with Gasteiger partial charge in [0.1, 0.15) is 5.75 Å². The number of nitrogens with zero attached hydrogens (tertiary/aromatic N) is 1. The van der Waals surface area contributed by atoms with Crippen molar-refractivity contribution in [3.63, 3.8) is 0 Å². The van der Waals surface area contributed by atoms with Crippen LogP contribution in [-0.2, 0) is 16.1 Å². The van der Waals surface area contributed by atoms with E-state index >= 15 is 0 Å². The summed E-state index contributed by atoms with van der Waals surface area (Å²) in [5.74, 6) is 0.552. The third kappa shape index (κ3) is 5.33. The Morgan fingerprint density at radius 3 is 2.50 bits per heavy atom. The molecule has 1 heterocycles. The summed E-state index contributed by atoms with van der Waals surface area (Å²) in [6.07, 6.45) is 2.85. The van der Waals surface area contributed by atoms with E-state index in [4.69, 9.17) is 16.3 Å². The zero-order chi connectivity index (χ0) is 21.5. The van der Waals surface area contributed by atoms with Crippen molar-refractivity contribution in [2.24, 2.45) is 5.92 Å². The molecule has 2 aromatic carbocycles. The smallest absolute Gasteiger partial charge is 0.225 e. The van der Waals surface area contributed by atoms with Crippen molar-refractivity contribution in [1.29, 1.82) is 0 Å². The summed E-state index contributed by atoms with van der Waals surface area (Å²) >= 11 is 5.94. The number of halogens is 1. The van der Waals surface area contributed by atoms with Crippen LogP contribution in [0.3, 0.4) is 0 Å². The van der Waals surface area contributed by atoms with Crippen LogP contribution >= 0.6 is 11.6 Å². The lowest BCUT2D eigenvalue weighted by molar-refractivity contribution is -0.143. The van der Waals surface area contributed by atoms with Crippen molar-refractivity contribution in [1.82, 2.24) is 10.2 Å². The van der Waals surface area contributed by atoms with Crippen molar-refractivity contribution in [3.05, 3.63) is 64.7 Å². The monoisotopic (exact) mass is 428 g/mol. The molecule has 6 heteroatoms. The lowest BCUT2D eigenvalue weighted by Crippen LogP contribution is -2.48. The molecule has 0 saturated carbocycles. The zero-order valence-corrected chi connectivity index (χ0v) is 18.3. The van der Waals surface area contributed by atoms with E-state index < -0.39 is 0 Å². The predicted octanol–water partition coefficient (Wildman–Crippen LogP) is 4.74. The number of benzene rings is 2. The fourth-order valence-electron chi connectivity index (χ4n) is 3.96. The first-order valence-corrected chi connectivity index (χ1v) is 10.9. The summed E-state index contributed by atoms with van der Waals surface area (Å²) in [5.41, 5.74) is 1.95. The van der Waals surface area contributed by atoms with Crippen LogP contribution in [0.15, 0.2) is 48.5 Å². The number of hydrogen-bond donors (Lipinski definition) is 1. The van der Waals surface area contributed by atoms with Gasteiger partial charge < -0.3 is 15.0 Å². The molecule has 2 aromatic rings. The van der Waals surface area contributed by atoms with Gasteiger partial charge in [-0.05, 0) is 48.2 Å². The number of piperidine rings is 1. The minimum atomic E-state index is -0.291. The Morgan fingerprint density at radius 1 is 1.17 bits per heavy atom. The van der Waals surface area contributed by atoms with Crippen LogP contribution in [0.1, 0.15) is 49.8 Å². The summed E-state index contributed by atoms with van der Waals surface area (Å²) < 4.78 is 5.27. The van der Waals surface area contributed by atoms with E-state index in [1.165, 1.54) is 0 Å². The van der Waals surface area contributed by atoms with Crippen LogP contribution in [-0.4, -0.2) is 30.4 Å². The summed E-state index contributed by atoms with van der Waals surface area (Å²) in [5, 5.41) is 3.73. The summed E-state index contributed by atoms with van der Waals surface area (Å²) in [4.78, 5) is 27.8. The number of carbonyl (C=O) groups excluding carboxylic acids is 2. The fraction of sp³-hybridized carbons (Fsp3) is 0.417. The highest BCUT2D eigenvalue weighted by molar-refractivity contribution is 6.30. The van der Waals surface area contributed by atoms with Gasteiger partial charge in [-0.25, -0.2) is 0 Å². The second kappa shape index (κ2) is 10.5. The van der Waals surface area contributed by atoms with Crippen LogP contribution in [0.5, 0.6) is 5.75 Å². The Hall–Kier alpha value is -2.53. The molecule has 0 spiro atoms. The number of rotatable bonds is 8. The van der Waals surface area contributed by atoms with E-state index in [0.29, 0.717) is 31.0 Å². The first-order chi connectivity index (χ1) is 14.5. The van der Waals surface area contributed by atoms with Gasteiger partial charge in [0.25, 0.3) is 0 Å². The van der Waals surface area contributed by atoms with Gasteiger partial charge in [-0.3, -0.25) is 9.59 Å². The number of unbranched alkanes of at least 4 members (excludes halogenated alkanes) is 1. The van der Waals surface area contributed by atoms with Crippen LogP contribution in [0.4, 0.5) is 0 Å². The fourth-order valence-corrected chi connectivity index (χ4v) is 4.08. The maximum atomic E-state index is 13.2. The second-order valence-corrected chi connectivity index (χ2v) is 8.08. The van der Waals surface area contributed by atoms with Gasteiger partial charge in [0.2, 0.25) is 11.8 Å². The van der Waals surface area contributed by atoms with Gasteiger partial charge in [-0.2, -0.15) is 0 Å². The molecule has 30 heavy (non-hydrogen) atoms. The van der Waals surface area contributed by atoms with E-state index in [9.17, 15) is 9.59 Å². The summed E-state index contributed by atoms with van der Waals surface area (Å²) in [6.45, 7) is 3.20. The third-order valence-corrected chi connectivity index (χ3v) is 5.89. The van der Waals surface area contributed by atoms with Crippen molar-refractivity contribution in [2.75, 3.05) is 13.7 Å². The molecule has 5 nitrogen and oxygen atoms in total. The average Bonchev–Trinajstić information content (AvgIpc) is 2.77. The molecule has 0 bridgehead atoms. The molecule has 1 fully saturated rings. The van der Waals surface area contributed by atoms with Crippen LogP contribution in [0, 0.1) is 5.92 Å². The van der Waals surface area contributed by atoms with Crippen LogP contribution < -0.4 is 10.1 Å². The van der Waals surface area contributed by atoms with E-state index in [1.54, 1.807) is 7.11 Å². The number of methoxy groups -OCH3 is 1. The molecule has 2 atom stereocenters. The molecule has 3 rings (SSSR count). The molecular weight excluding hydrogens is 400 g/mol. The first-order valence-electron chi connectivity index (χ1n) is 10.5. The number of likely N-dealkylation sites (tertiary alicyclic amines) is 1. The Kier molecular flexibility index (Phi) is 7.75. The second-order valence-electron chi connectivity index (χ2n) is 7.65. The van der Waals surface area contributed by atoms with Gasteiger partial charge in [-0.15, -0.1) is 0 Å². The molecule has 1 aliphatic rings. The van der Waals surface area contributed by atoms with Crippen LogP contribution in [0.2, 0.25) is 5.02 Å².